The van der Waals surface area contributed by atoms with E-state index in [0.29, 0.717) is 0 Å². The van der Waals surface area contributed by atoms with Crippen LogP contribution in [0.1, 0.15) is 19.8 Å². The van der Waals surface area contributed by atoms with E-state index in [0.717, 1.165) is 0 Å². The molecule has 2 amide bonds. The van der Waals surface area contributed by atoms with Crippen LogP contribution < -0.4 is 11.1 Å². The summed E-state index contributed by atoms with van der Waals surface area (Å²) in [5.74, 6) is -1.74. The number of aliphatic carboxylic acids is 1. The number of nitrogens with one attached hydrogen (secondary N) is 1. The minimum atomic E-state index is -1.24. The van der Waals surface area contributed by atoms with Crippen molar-refractivity contribution in [3.8, 4) is 0 Å². The number of ether oxygens (including phenoxy) is 1. The lowest BCUT2D eigenvalue weighted by atomic mass is 10.1. The van der Waals surface area contributed by atoms with Gasteiger partial charge in [0.1, 0.15) is 6.04 Å². The van der Waals surface area contributed by atoms with Crippen molar-refractivity contribution in [3.63, 3.8) is 0 Å². The molecule has 0 aliphatic rings. The smallest absolute Gasteiger partial charge is 0.326 e. The number of carboxylic acids is 1. The number of esters is 1. The molecule has 0 aromatic heterocycles. The van der Waals surface area contributed by atoms with E-state index in [2.05, 4.69) is 4.74 Å². The molecule has 0 saturated carbocycles. The van der Waals surface area contributed by atoms with Gasteiger partial charge in [0, 0.05) is 6.42 Å². The van der Waals surface area contributed by atoms with E-state index in [1.54, 1.807) is 6.92 Å². The molecular formula is C8H14N2O5. The fraction of sp³-hybridized carbons (Fsp3) is 0.625. The van der Waals surface area contributed by atoms with Crippen LogP contribution >= 0.6 is 0 Å². The average molecular weight is 218 g/mol. The summed E-state index contributed by atoms with van der Waals surface area (Å²) in [5.41, 5.74) is 4.77. The van der Waals surface area contributed by atoms with E-state index in [-0.39, 0.29) is 19.4 Å². The Kier molecular flexibility index (Phi) is 5.84. The monoisotopic (exact) mass is 218 g/mol. The van der Waals surface area contributed by atoms with E-state index in [1.807, 2.05) is 5.32 Å². The number of hydrogen-bond acceptors (Lipinski definition) is 4. The summed E-state index contributed by atoms with van der Waals surface area (Å²) < 4.78 is 4.60. The Hall–Kier alpha value is -1.79. The van der Waals surface area contributed by atoms with E-state index in [1.165, 1.54) is 0 Å². The van der Waals surface area contributed by atoms with Gasteiger partial charge < -0.3 is 20.9 Å². The highest BCUT2D eigenvalue weighted by molar-refractivity contribution is 5.82. The van der Waals surface area contributed by atoms with Gasteiger partial charge in [-0.15, -0.1) is 0 Å². The fourth-order valence-corrected chi connectivity index (χ4v) is 0.924. The molecule has 7 heteroatoms. The van der Waals surface area contributed by atoms with Gasteiger partial charge in [0.05, 0.1) is 6.61 Å². The van der Waals surface area contributed by atoms with Gasteiger partial charge in [-0.1, -0.05) is 0 Å². The van der Waals surface area contributed by atoms with Crippen LogP contribution in [0.25, 0.3) is 0 Å². The maximum Gasteiger partial charge on any atom is 0.326 e. The van der Waals surface area contributed by atoms with Crippen LogP contribution in [-0.2, 0) is 14.3 Å². The Labute approximate surface area is 86.6 Å². The molecule has 0 bridgehead atoms. The number of amides is 2. The molecule has 1 atom stereocenters. The highest BCUT2D eigenvalue weighted by Crippen LogP contribution is 1.99. The molecule has 7 nitrogen and oxygen atoms in total. The van der Waals surface area contributed by atoms with Crippen molar-refractivity contribution in [2.24, 2.45) is 5.73 Å². The molecule has 15 heavy (non-hydrogen) atoms. The molecule has 0 aromatic carbocycles. The molecule has 0 aliphatic heterocycles. The third-order valence-corrected chi connectivity index (χ3v) is 1.56. The first-order valence-corrected chi connectivity index (χ1v) is 4.41. The number of carbonyl (C=O) groups is 3. The van der Waals surface area contributed by atoms with Crippen molar-refractivity contribution >= 4 is 18.0 Å². The Morgan fingerprint density at radius 2 is 2.07 bits per heavy atom. The van der Waals surface area contributed by atoms with Gasteiger partial charge >= 0.3 is 18.0 Å². The SMILES string of the molecule is CCOC(=O)CC[C@H](NC(N)=O)C(=O)O. The van der Waals surface area contributed by atoms with E-state index >= 15 is 0 Å². The molecular weight excluding hydrogens is 204 g/mol. The van der Waals surface area contributed by atoms with Crippen molar-refractivity contribution in [3.05, 3.63) is 0 Å². The van der Waals surface area contributed by atoms with Gasteiger partial charge in [0.2, 0.25) is 0 Å². The van der Waals surface area contributed by atoms with Crippen molar-refractivity contribution < 1.29 is 24.2 Å². The normalized spacial score (nSPS) is 11.5. The van der Waals surface area contributed by atoms with Crippen molar-refractivity contribution in [1.82, 2.24) is 5.32 Å². The maximum atomic E-state index is 10.9. The minimum absolute atomic E-state index is 0.0445. The fourth-order valence-electron chi connectivity index (χ4n) is 0.924. The van der Waals surface area contributed by atoms with Gasteiger partial charge in [0.15, 0.2) is 0 Å². The highest BCUT2D eigenvalue weighted by atomic mass is 16.5. The van der Waals surface area contributed by atoms with Crippen molar-refractivity contribution in [2.45, 2.75) is 25.8 Å². The zero-order chi connectivity index (χ0) is 11.8. The van der Waals surface area contributed by atoms with Crippen molar-refractivity contribution in [1.29, 1.82) is 0 Å². The van der Waals surface area contributed by atoms with E-state index in [4.69, 9.17) is 10.8 Å². The van der Waals surface area contributed by atoms with Gasteiger partial charge in [-0.3, -0.25) is 4.79 Å². The number of rotatable bonds is 6. The molecule has 0 fully saturated rings. The standard InChI is InChI=1S/C8H14N2O5/c1-2-15-6(11)4-3-5(7(12)13)10-8(9)14/h5H,2-4H2,1H3,(H,12,13)(H3,9,10,14)/t5-/m0/s1. The summed E-state index contributed by atoms with van der Waals surface area (Å²) >= 11 is 0. The molecule has 4 N–H and O–H groups in total. The second kappa shape index (κ2) is 6.63. The summed E-state index contributed by atoms with van der Waals surface area (Å²) in [5, 5.41) is 10.7. The number of primary amides is 1. The van der Waals surface area contributed by atoms with Gasteiger partial charge in [-0.2, -0.15) is 0 Å². The Morgan fingerprint density at radius 1 is 1.47 bits per heavy atom. The Bertz CT molecular complexity index is 253. The highest BCUT2D eigenvalue weighted by Gasteiger charge is 2.19. The number of carboxylic acid groups (broad SMARTS) is 1. The number of nitrogens with two attached hydrogens (primary N) is 1. The molecule has 0 spiro atoms. The van der Waals surface area contributed by atoms with Crippen LogP contribution in [0.5, 0.6) is 0 Å². The average Bonchev–Trinajstić information content (AvgIpc) is 2.11. The topological polar surface area (TPSA) is 119 Å². The zero-order valence-electron chi connectivity index (χ0n) is 8.36. The zero-order valence-corrected chi connectivity index (χ0v) is 8.36. The van der Waals surface area contributed by atoms with Gasteiger partial charge in [-0.25, -0.2) is 9.59 Å². The molecule has 0 unspecified atom stereocenters. The molecule has 0 saturated heterocycles. The first-order chi connectivity index (χ1) is 6.97. The summed E-state index contributed by atoms with van der Waals surface area (Å²) in [4.78, 5) is 31.9. The van der Waals surface area contributed by atoms with Crippen LogP contribution in [-0.4, -0.2) is 35.7 Å². The number of hydrogen-bond donors (Lipinski definition) is 3. The van der Waals surface area contributed by atoms with E-state index in [9.17, 15) is 14.4 Å². The maximum absolute atomic E-state index is 10.9. The van der Waals surface area contributed by atoms with Crippen molar-refractivity contribution in [2.75, 3.05) is 6.61 Å². The van der Waals surface area contributed by atoms with Crippen LogP contribution in [0.15, 0.2) is 0 Å². The number of urea groups is 1. The summed E-state index contributed by atoms with van der Waals surface area (Å²) in [6, 6.07) is -2.10. The third kappa shape index (κ3) is 6.30. The molecule has 0 heterocycles. The first-order valence-electron chi connectivity index (χ1n) is 4.41. The van der Waals surface area contributed by atoms with Crippen LogP contribution in [0, 0.1) is 0 Å². The Morgan fingerprint density at radius 3 is 2.47 bits per heavy atom. The largest absolute Gasteiger partial charge is 0.480 e. The predicted octanol–water partition coefficient (Wildman–Crippen LogP) is -0.549. The van der Waals surface area contributed by atoms with E-state index < -0.39 is 24.0 Å². The number of carbonyl (C=O) groups excluding carboxylic acids is 2. The Balaban J connectivity index is 4.01. The summed E-state index contributed by atoms with van der Waals surface area (Å²) in [6.07, 6.45) is -0.123. The van der Waals surface area contributed by atoms with Crippen LogP contribution in [0.2, 0.25) is 0 Å². The molecule has 0 rings (SSSR count). The quantitative estimate of drug-likeness (QED) is 0.517. The second-order valence-corrected chi connectivity index (χ2v) is 2.74. The summed E-state index contributed by atoms with van der Waals surface area (Å²) in [7, 11) is 0. The molecule has 0 aliphatic carbocycles. The molecule has 86 valence electrons. The lowest BCUT2D eigenvalue weighted by molar-refractivity contribution is -0.144. The van der Waals surface area contributed by atoms with Gasteiger partial charge in [-0.05, 0) is 13.3 Å². The van der Waals surface area contributed by atoms with Crippen LogP contribution in [0.4, 0.5) is 4.79 Å². The molecule has 0 radical (unpaired) electrons. The lowest BCUT2D eigenvalue weighted by Gasteiger charge is -2.11. The molecule has 0 aromatic rings. The summed E-state index contributed by atoms with van der Waals surface area (Å²) in [6.45, 7) is 1.88. The minimum Gasteiger partial charge on any atom is -0.480 e. The predicted molar refractivity (Wildman–Crippen MR) is 50.0 cm³/mol. The van der Waals surface area contributed by atoms with Crippen LogP contribution in [0.3, 0.4) is 0 Å². The van der Waals surface area contributed by atoms with Gasteiger partial charge in [0.25, 0.3) is 0 Å². The second-order valence-electron chi connectivity index (χ2n) is 2.74. The first kappa shape index (κ1) is 13.2. The third-order valence-electron chi connectivity index (χ3n) is 1.56. The lowest BCUT2D eigenvalue weighted by Crippen LogP contribution is -2.43.